The molecule has 17 heavy (non-hydrogen) atoms. The van der Waals surface area contributed by atoms with Crippen LogP contribution in [0.15, 0.2) is 24.3 Å². The highest BCUT2D eigenvalue weighted by molar-refractivity contribution is 5.61. The first-order chi connectivity index (χ1) is 8.22. The third-order valence-electron chi connectivity index (χ3n) is 3.25. The fourth-order valence-corrected chi connectivity index (χ4v) is 2.28. The van der Waals surface area contributed by atoms with E-state index in [0.717, 1.165) is 31.5 Å². The Hall–Kier alpha value is -1.26. The van der Waals surface area contributed by atoms with Crippen molar-refractivity contribution < 1.29 is 9.18 Å². The van der Waals surface area contributed by atoms with Crippen LogP contribution in [-0.2, 0) is 4.79 Å². The molecule has 92 valence electrons. The molecule has 0 aliphatic carbocycles. The molecule has 1 saturated heterocycles. The molecule has 1 heterocycles. The molecule has 1 N–H and O–H groups in total. The zero-order valence-electron chi connectivity index (χ0n) is 9.90. The molecule has 1 aromatic rings. The van der Waals surface area contributed by atoms with E-state index in [2.05, 4.69) is 17.1 Å². The molecule has 0 spiro atoms. The zero-order chi connectivity index (χ0) is 12.3. The summed E-state index contributed by atoms with van der Waals surface area (Å²) in [7, 11) is 0. The fourth-order valence-electron chi connectivity index (χ4n) is 2.28. The van der Waals surface area contributed by atoms with E-state index in [1.165, 1.54) is 12.1 Å². The van der Waals surface area contributed by atoms with Gasteiger partial charge in [0, 0.05) is 25.7 Å². The molecule has 4 heteroatoms. The Morgan fingerprint density at radius 1 is 1.47 bits per heavy atom. The summed E-state index contributed by atoms with van der Waals surface area (Å²) < 4.78 is 12.9. The summed E-state index contributed by atoms with van der Waals surface area (Å²) in [4.78, 5) is 13.4. The number of rotatable bonds is 3. The Morgan fingerprint density at radius 2 is 2.18 bits per heavy atom. The maximum atomic E-state index is 12.9. The van der Waals surface area contributed by atoms with Gasteiger partial charge < -0.3 is 10.1 Å². The largest absolute Gasteiger partial charge is 0.314 e. The summed E-state index contributed by atoms with van der Waals surface area (Å²) in [6.45, 7) is 4.69. The third kappa shape index (κ3) is 2.70. The number of benzene rings is 1. The molecule has 3 nitrogen and oxygen atoms in total. The van der Waals surface area contributed by atoms with Crippen LogP contribution in [0.25, 0.3) is 0 Å². The van der Waals surface area contributed by atoms with E-state index in [-0.39, 0.29) is 11.9 Å². The maximum absolute atomic E-state index is 12.9. The van der Waals surface area contributed by atoms with Crippen LogP contribution in [0.4, 0.5) is 4.39 Å². The number of nitrogens with one attached hydrogen (secondary N) is 1. The van der Waals surface area contributed by atoms with Crippen molar-refractivity contribution in [3.8, 4) is 0 Å². The van der Waals surface area contributed by atoms with E-state index in [0.29, 0.717) is 6.04 Å². The Labute approximate surface area is 101 Å². The van der Waals surface area contributed by atoms with Gasteiger partial charge in [-0.15, -0.1) is 0 Å². The quantitative estimate of drug-likeness (QED) is 0.804. The highest BCUT2D eigenvalue weighted by Crippen LogP contribution is 2.22. The van der Waals surface area contributed by atoms with Gasteiger partial charge in [-0.1, -0.05) is 12.1 Å². The smallest absolute Gasteiger partial charge is 0.141 e. The minimum atomic E-state index is -0.272. The predicted molar refractivity (Wildman–Crippen MR) is 64.2 cm³/mol. The van der Waals surface area contributed by atoms with Crippen molar-refractivity contribution >= 4 is 6.29 Å². The summed E-state index contributed by atoms with van der Waals surface area (Å²) in [6.07, 6.45) is 0.940. The summed E-state index contributed by atoms with van der Waals surface area (Å²) in [5, 5.41) is 3.29. The molecule has 0 aromatic heterocycles. The lowest BCUT2D eigenvalue weighted by atomic mass is 10.0. The van der Waals surface area contributed by atoms with Gasteiger partial charge in [-0.05, 0) is 24.6 Å². The Morgan fingerprint density at radius 3 is 2.76 bits per heavy atom. The van der Waals surface area contributed by atoms with Crippen molar-refractivity contribution in [1.82, 2.24) is 10.2 Å². The van der Waals surface area contributed by atoms with Gasteiger partial charge in [0.2, 0.25) is 0 Å². The van der Waals surface area contributed by atoms with E-state index >= 15 is 0 Å². The number of aldehydes is 1. The highest BCUT2D eigenvalue weighted by Gasteiger charge is 2.26. The molecule has 2 atom stereocenters. The standard InChI is InChI=1S/C13H17FN2O/c1-10-8-15-6-7-16(10)13(9-17)11-2-4-12(14)5-3-11/h2-5,9-10,13,15H,6-8H2,1H3/t10?,13-/m1/s1. The van der Waals surface area contributed by atoms with Gasteiger partial charge in [-0.25, -0.2) is 4.39 Å². The molecule has 1 aliphatic rings. The second-order valence-electron chi connectivity index (χ2n) is 4.42. The van der Waals surface area contributed by atoms with Gasteiger partial charge in [0.25, 0.3) is 0 Å². The van der Waals surface area contributed by atoms with Crippen LogP contribution in [0.5, 0.6) is 0 Å². The topological polar surface area (TPSA) is 32.3 Å². The number of carbonyl (C=O) groups excluding carboxylic acids is 1. The molecule has 2 rings (SSSR count). The van der Waals surface area contributed by atoms with Crippen LogP contribution >= 0.6 is 0 Å². The molecule has 0 bridgehead atoms. The van der Waals surface area contributed by atoms with Gasteiger partial charge in [0.1, 0.15) is 12.1 Å². The molecule has 0 saturated carbocycles. The van der Waals surface area contributed by atoms with E-state index < -0.39 is 0 Å². The first-order valence-electron chi connectivity index (χ1n) is 5.89. The van der Waals surface area contributed by atoms with Crippen molar-refractivity contribution in [1.29, 1.82) is 0 Å². The van der Waals surface area contributed by atoms with Crippen molar-refractivity contribution in [3.05, 3.63) is 35.6 Å². The van der Waals surface area contributed by atoms with E-state index in [4.69, 9.17) is 0 Å². The monoisotopic (exact) mass is 236 g/mol. The van der Waals surface area contributed by atoms with Crippen molar-refractivity contribution in [3.63, 3.8) is 0 Å². The van der Waals surface area contributed by atoms with Crippen LogP contribution in [0.3, 0.4) is 0 Å². The molecule has 1 unspecified atom stereocenters. The Bertz CT molecular complexity index is 380. The lowest BCUT2D eigenvalue weighted by Crippen LogP contribution is -2.51. The average molecular weight is 236 g/mol. The highest BCUT2D eigenvalue weighted by atomic mass is 19.1. The van der Waals surface area contributed by atoms with Crippen LogP contribution < -0.4 is 5.32 Å². The number of nitrogens with zero attached hydrogens (tertiary/aromatic N) is 1. The lowest BCUT2D eigenvalue weighted by molar-refractivity contribution is -0.113. The summed E-state index contributed by atoms with van der Waals surface area (Å²) in [5.74, 6) is -0.272. The van der Waals surface area contributed by atoms with Gasteiger partial charge in [0.15, 0.2) is 0 Å². The molecular weight excluding hydrogens is 219 g/mol. The predicted octanol–water partition coefficient (Wildman–Crippen LogP) is 1.36. The Kier molecular flexibility index (Phi) is 3.86. The molecular formula is C13H17FN2O. The molecule has 1 aliphatic heterocycles. The van der Waals surface area contributed by atoms with Gasteiger partial charge in [-0.2, -0.15) is 0 Å². The molecule has 0 radical (unpaired) electrons. The first kappa shape index (κ1) is 12.2. The van der Waals surface area contributed by atoms with Gasteiger partial charge in [-0.3, -0.25) is 4.90 Å². The second-order valence-corrected chi connectivity index (χ2v) is 4.42. The fraction of sp³-hybridized carbons (Fsp3) is 0.462. The number of piperazine rings is 1. The van der Waals surface area contributed by atoms with Crippen LogP contribution in [0.2, 0.25) is 0 Å². The second kappa shape index (κ2) is 5.38. The Balaban J connectivity index is 2.20. The molecule has 0 amide bonds. The SMILES string of the molecule is CC1CNCCN1[C@H](C=O)c1ccc(F)cc1. The summed E-state index contributed by atoms with van der Waals surface area (Å²) >= 11 is 0. The van der Waals surface area contributed by atoms with Crippen molar-refractivity contribution in [2.75, 3.05) is 19.6 Å². The summed E-state index contributed by atoms with van der Waals surface area (Å²) in [6, 6.07) is 6.21. The molecule has 1 aromatic carbocycles. The first-order valence-corrected chi connectivity index (χ1v) is 5.89. The van der Waals surface area contributed by atoms with Crippen LogP contribution in [0.1, 0.15) is 18.5 Å². The minimum Gasteiger partial charge on any atom is -0.314 e. The average Bonchev–Trinajstić information content (AvgIpc) is 2.35. The van der Waals surface area contributed by atoms with Crippen molar-refractivity contribution in [2.24, 2.45) is 0 Å². The minimum absolute atomic E-state index is 0.271. The van der Waals surface area contributed by atoms with Gasteiger partial charge in [0.05, 0.1) is 6.04 Å². The number of carbonyl (C=O) groups is 1. The normalized spacial score (nSPS) is 23.3. The third-order valence-corrected chi connectivity index (χ3v) is 3.25. The number of hydrogen-bond donors (Lipinski definition) is 1. The lowest BCUT2D eigenvalue weighted by Gasteiger charge is -2.37. The number of hydrogen-bond acceptors (Lipinski definition) is 3. The van der Waals surface area contributed by atoms with Crippen LogP contribution in [-0.4, -0.2) is 36.9 Å². The van der Waals surface area contributed by atoms with Crippen LogP contribution in [0, 0.1) is 5.82 Å². The maximum Gasteiger partial charge on any atom is 0.141 e. The van der Waals surface area contributed by atoms with E-state index in [1.54, 1.807) is 12.1 Å². The van der Waals surface area contributed by atoms with E-state index in [1.807, 2.05) is 0 Å². The number of halogens is 1. The van der Waals surface area contributed by atoms with Crippen molar-refractivity contribution in [2.45, 2.75) is 19.0 Å². The zero-order valence-corrected chi connectivity index (χ0v) is 9.90. The van der Waals surface area contributed by atoms with Gasteiger partial charge >= 0.3 is 0 Å². The molecule has 1 fully saturated rings. The van der Waals surface area contributed by atoms with E-state index in [9.17, 15) is 9.18 Å². The summed E-state index contributed by atoms with van der Waals surface area (Å²) in [5.41, 5.74) is 0.857.